The van der Waals surface area contributed by atoms with Gasteiger partial charge in [0.05, 0.1) is 6.54 Å². The molecule has 0 unspecified atom stereocenters. The van der Waals surface area contributed by atoms with Gasteiger partial charge in [-0.05, 0) is 6.92 Å². The largest absolute Gasteiger partial charge is 0.364 e. The number of nitrogens with one attached hydrogen (secondary N) is 2. The first-order valence-electron chi connectivity index (χ1n) is 7.11. The summed E-state index contributed by atoms with van der Waals surface area (Å²) < 4.78 is 6.82. The molecule has 0 atom stereocenters. The zero-order valence-corrected chi connectivity index (χ0v) is 15.2. The highest BCUT2D eigenvalue weighted by Gasteiger charge is 2.02. The Bertz CT molecular complexity index is 552. The predicted octanol–water partition coefficient (Wildman–Crippen LogP) is 1.20. The topological polar surface area (TPSA) is 93.2 Å². The van der Waals surface area contributed by atoms with Gasteiger partial charge in [0.1, 0.15) is 24.1 Å². The zero-order valence-electron chi connectivity index (χ0n) is 12.8. The number of halogens is 1. The smallest absolute Gasteiger partial charge is 0.191 e. The molecule has 2 N–H and O–H groups in total. The van der Waals surface area contributed by atoms with Gasteiger partial charge in [-0.15, -0.1) is 34.2 Å². The minimum atomic E-state index is 0. The van der Waals surface area contributed by atoms with Crippen molar-refractivity contribution in [2.75, 3.05) is 13.1 Å². The van der Waals surface area contributed by atoms with E-state index < -0.39 is 0 Å². The molecule has 2 aromatic heterocycles. The number of hydrogen-bond acceptors (Lipinski definition) is 5. The molecule has 122 valence electrons. The summed E-state index contributed by atoms with van der Waals surface area (Å²) in [6, 6.07) is 1.80. The third-order valence-electron chi connectivity index (χ3n) is 2.89. The number of guanidine groups is 1. The van der Waals surface area contributed by atoms with E-state index in [-0.39, 0.29) is 24.0 Å². The Hall–Kier alpha value is -1.65. The quantitative estimate of drug-likeness (QED) is 0.398. The molecular formula is C13H22IN7O. The number of aromatic nitrogens is 4. The lowest BCUT2D eigenvalue weighted by molar-refractivity contribution is 0.412. The van der Waals surface area contributed by atoms with Crippen molar-refractivity contribution in [2.45, 2.75) is 33.4 Å². The van der Waals surface area contributed by atoms with E-state index in [0.717, 1.165) is 43.5 Å². The van der Waals surface area contributed by atoms with Crippen LogP contribution in [0.15, 0.2) is 28.2 Å². The van der Waals surface area contributed by atoms with Gasteiger partial charge in [-0.2, -0.15) is 0 Å². The lowest BCUT2D eigenvalue weighted by Crippen LogP contribution is -2.38. The van der Waals surface area contributed by atoms with Gasteiger partial charge >= 0.3 is 0 Å². The van der Waals surface area contributed by atoms with Gasteiger partial charge in [0.25, 0.3) is 0 Å². The summed E-state index contributed by atoms with van der Waals surface area (Å²) in [4.78, 5) is 4.45. The van der Waals surface area contributed by atoms with Crippen LogP contribution in [0.4, 0.5) is 0 Å². The van der Waals surface area contributed by atoms with E-state index in [2.05, 4.69) is 37.9 Å². The number of nitrogens with zero attached hydrogens (tertiary/aromatic N) is 5. The fourth-order valence-corrected chi connectivity index (χ4v) is 1.86. The van der Waals surface area contributed by atoms with Crippen LogP contribution in [0, 0.1) is 0 Å². The molecule has 0 bridgehead atoms. The lowest BCUT2D eigenvalue weighted by Gasteiger charge is -2.11. The minimum Gasteiger partial charge on any atom is -0.364 e. The Morgan fingerprint density at radius 2 is 2.23 bits per heavy atom. The molecule has 0 radical (unpaired) electrons. The van der Waals surface area contributed by atoms with Crippen LogP contribution in [0.25, 0.3) is 0 Å². The van der Waals surface area contributed by atoms with Crippen molar-refractivity contribution in [3.05, 3.63) is 30.2 Å². The molecule has 0 aromatic carbocycles. The lowest BCUT2D eigenvalue weighted by atomic mass is 10.4. The number of rotatable bonds is 7. The molecule has 0 aliphatic heterocycles. The van der Waals surface area contributed by atoms with Crippen LogP contribution in [0.2, 0.25) is 0 Å². The zero-order chi connectivity index (χ0) is 14.9. The van der Waals surface area contributed by atoms with Gasteiger partial charge in [0.2, 0.25) is 0 Å². The van der Waals surface area contributed by atoms with E-state index in [0.29, 0.717) is 6.54 Å². The van der Waals surface area contributed by atoms with Crippen LogP contribution in [-0.2, 0) is 19.5 Å². The Balaban J connectivity index is 0.00000242. The molecule has 2 aromatic rings. The highest BCUT2D eigenvalue weighted by molar-refractivity contribution is 14.0. The van der Waals surface area contributed by atoms with Crippen molar-refractivity contribution in [1.29, 1.82) is 0 Å². The first kappa shape index (κ1) is 18.4. The maximum Gasteiger partial charge on any atom is 0.191 e. The second-order valence-electron chi connectivity index (χ2n) is 4.41. The molecule has 0 saturated heterocycles. The van der Waals surface area contributed by atoms with Crippen molar-refractivity contribution in [2.24, 2.45) is 4.99 Å². The molecule has 8 nitrogen and oxygen atoms in total. The third kappa shape index (κ3) is 5.62. The predicted molar refractivity (Wildman–Crippen MR) is 94.1 cm³/mol. The Kier molecular flexibility index (Phi) is 8.48. The van der Waals surface area contributed by atoms with Crippen LogP contribution in [0.5, 0.6) is 0 Å². The fourth-order valence-electron chi connectivity index (χ4n) is 1.86. The first-order chi connectivity index (χ1) is 10.3. The summed E-state index contributed by atoms with van der Waals surface area (Å²) in [6.45, 7) is 6.93. The van der Waals surface area contributed by atoms with Gasteiger partial charge in [-0.1, -0.05) is 12.1 Å². The molecule has 0 spiro atoms. The summed E-state index contributed by atoms with van der Waals surface area (Å²) >= 11 is 0. The van der Waals surface area contributed by atoms with Crippen LogP contribution < -0.4 is 10.6 Å². The third-order valence-corrected chi connectivity index (χ3v) is 2.89. The molecule has 0 fully saturated rings. The second-order valence-corrected chi connectivity index (χ2v) is 4.41. The van der Waals surface area contributed by atoms with Crippen LogP contribution >= 0.6 is 24.0 Å². The van der Waals surface area contributed by atoms with Crippen LogP contribution in [-0.4, -0.2) is 39.0 Å². The minimum absolute atomic E-state index is 0. The summed E-state index contributed by atoms with van der Waals surface area (Å²) in [5.41, 5.74) is 0.805. The molecule has 0 amide bonds. The van der Waals surface area contributed by atoms with Gasteiger partial charge in [0.15, 0.2) is 5.96 Å². The highest BCUT2D eigenvalue weighted by atomic mass is 127. The molecule has 2 heterocycles. The second kappa shape index (κ2) is 10.1. The Morgan fingerprint density at radius 3 is 2.91 bits per heavy atom. The van der Waals surface area contributed by atoms with Crippen molar-refractivity contribution < 1.29 is 4.52 Å². The maximum atomic E-state index is 4.79. The van der Waals surface area contributed by atoms with E-state index in [1.165, 1.54) is 0 Å². The summed E-state index contributed by atoms with van der Waals surface area (Å²) in [5.74, 6) is 1.74. The van der Waals surface area contributed by atoms with E-state index in [4.69, 9.17) is 4.52 Å². The number of hydrogen-bond donors (Lipinski definition) is 2. The van der Waals surface area contributed by atoms with Gasteiger partial charge < -0.3 is 19.7 Å². The SMILES string of the molecule is CCNC(=NCc1ccon1)NCCn1cnnc1CC.I. The number of aryl methyl sites for hydroxylation is 1. The highest BCUT2D eigenvalue weighted by Crippen LogP contribution is 1.97. The maximum absolute atomic E-state index is 4.79. The van der Waals surface area contributed by atoms with E-state index in [1.54, 1.807) is 18.7 Å². The van der Waals surface area contributed by atoms with Crippen molar-refractivity contribution in [1.82, 2.24) is 30.6 Å². The molecule has 0 aliphatic carbocycles. The van der Waals surface area contributed by atoms with Gasteiger partial charge in [-0.3, -0.25) is 0 Å². The molecule has 22 heavy (non-hydrogen) atoms. The normalized spacial score (nSPS) is 11.1. The fraction of sp³-hybridized carbons (Fsp3) is 0.538. The number of aliphatic imine (C=N–C) groups is 1. The summed E-state index contributed by atoms with van der Waals surface area (Å²) in [7, 11) is 0. The van der Waals surface area contributed by atoms with E-state index in [1.807, 2.05) is 11.5 Å². The summed E-state index contributed by atoms with van der Waals surface area (Å²) in [6.07, 6.45) is 4.17. The van der Waals surface area contributed by atoms with E-state index in [9.17, 15) is 0 Å². The molecule has 9 heteroatoms. The van der Waals surface area contributed by atoms with Crippen molar-refractivity contribution in [3.63, 3.8) is 0 Å². The Labute approximate surface area is 146 Å². The summed E-state index contributed by atoms with van der Waals surface area (Å²) in [5, 5.41) is 18.3. The van der Waals surface area contributed by atoms with E-state index >= 15 is 0 Å². The Morgan fingerprint density at radius 1 is 1.36 bits per heavy atom. The standard InChI is InChI=1S/C13H21N7O.HI/c1-3-12-18-17-10-20(12)7-6-15-13(14-4-2)16-9-11-5-8-21-19-11;/h5,8,10H,3-4,6-7,9H2,1-2H3,(H2,14,15,16);1H. The average Bonchev–Trinajstić information content (AvgIpc) is 3.16. The van der Waals surface area contributed by atoms with Crippen molar-refractivity contribution in [3.8, 4) is 0 Å². The molecule has 0 saturated carbocycles. The van der Waals surface area contributed by atoms with Gasteiger partial charge in [0, 0.05) is 32.1 Å². The molecular weight excluding hydrogens is 397 g/mol. The van der Waals surface area contributed by atoms with Crippen LogP contribution in [0.3, 0.4) is 0 Å². The molecule has 0 aliphatic rings. The average molecular weight is 419 g/mol. The van der Waals surface area contributed by atoms with Gasteiger partial charge in [-0.25, -0.2) is 4.99 Å². The monoisotopic (exact) mass is 419 g/mol. The van der Waals surface area contributed by atoms with Crippen LogP contribution in [0.1, 0.15) is 25.4 Å². The van der Waals surface area contributed by atoms with Crippen molar-refractivity contribution >= 4 is 29.9 Å². The molecule has 2 rings (SSSR count). The first-order valence-corrected chi connectivity index (χ1v) is 7.11.